The molecular weight excluding hydrogens is 288 g/mol. The molecule has 0 amide bonds. The molecule has 2 rings (SSSR count). The van der Waals surface area contributed by atoms with Crippen LogP contribution < -0.4 is 10.3 Å². The van der Waals surface area contributed by atoms with E-state index in [4.69, 9.17) is 12.2 Å². The molecule has 1 aromatic heterocycles. The number of aromatic hydroxyl groups is 1. The second-order valence-corrected chi connectivity index (χ2v) is 4.69. The first-order valence-electron chi connectivity index (χ1n) is 6.65. The van der Waals surface area contributed by atoms with Crippen molar-refractivity contribution in [3.05, 3.63) is 28.5 Å². The normalized spacial score (nSPS) is 11.0. The molecule has 1 heterocycles. The number of phenolic OH excluding ortho intramolecular Hbond substituents is 1. The van der Waals surface area contributed by atoms with Gasteiger partial charge in [-0.3, -0.25) is 10.2 Å². The number of H-pyrrole nitrogens is 2. The molecule has 0 atom stereocenters. The van der Waals surface area contributed by atoms with Crippen molar-refractivity contribution in [2.24, 2.45) is 5.10 Å². The molecule has 4 N–H and O–H groups in total. The third-order valence-electron chi connectivity index (χ3n) is 3.02. The van der Waals surface area contributed by atoms with Crippen LogP contribution in [0.3, 0.4) is 0 Å². The Morgan fingerprint density at radius 1 is 1.38 bits per heavy atom. The average Bonchev–Trinajstić information content (AvgIpc) is 2.88. The van der Waals surface area contributed by atoms with Crippen molar-refractivity contribution in [2.75, 3.05) is 23.4 Å². The Hall–Kier alpha value is -2.35. The number of anilines is 2. The first-order chi connectivity index (χ1) is 10.1. The highest BCUT2D eigenvalue weighted by atomic mass is 32.1. The summed E-state index contributed by atoms with van der Waals surface area (Å²) < 4.78 is 0.346. The van der Waals surface area contributed by atoms with Gasteiger partial charge in [0.1, 0.15) is 5.75 Å². The van der Waals surface area contributed by atoms with Crippen molar-refractivity contribution in [1.29, 1.82) is 0 Å². The fraction of sp³-hybridized carbons (Fsp3) is 0.308. The molecule has 0 aliphatic carbocycles. The van der Waals surface area contributed by atoms with Gasteiger partial charge in [0, 0.05) is 30.4 Å². The summed E-state index contributed by atoms with van der Waals surface area (Å²) >= 11 is 4.82. The molecule has 0 aliphatic rings. The van der Waals surface area contributed by atoms with Crippen molar-refractivity contribution in [2.45, 2.75) is 13.8 Å². The van der Waals surface area contributed by atoms with E-state index in [0.29, 0.717) is 16.3 Å². The highest BCUT2D eigenvalue weighted by Gasteiger charge is 2.05. The largest absolute Gasteiger partial charge is 0.507 e. The first-order valence-corrected chi connectivity index (χ1v) is 7.06. The van der Waals surface area contributed by atoms with Crippen molar-refractivity contribution in [3.63, 3.8) is 0 Å². The molecule has 0 radical (unpaired) electrons. The summed E-state index contributed by atoms with van der Waals surface area (Å²) in [5.74, 6) is 0.593. The molecule has 0 bridgehead atoms. The lowest BCUT2D eigenvalue weighted by atomic mass is 10.2. The maximum Gasteiger partial charge on any atom is 0.238 e. The van der Waals surface area contributed by atoms with E-state index < -0.39 is 0 Å². The number of hydrazone groups is 1. The lowest BCUT2D eigenvalue weighted by Crippen LogP contribution is -2.21. The van der Waals surface area contributed by atoms with Gasteiger partial charge >= 0.3 is 0 Å². The first kappa shape index (κ1) is 15.0. The highest BCUT2D eigenvalue weighted by Crippen LogP contribution is 2.23. The van der Waals surface area contributed by atoms with Crippen molar-refractivity contribution in [1.82, 2.24) is 15.2 Å². The molecule has 1 aromatic carbocycles. The van der Waals surface area contributed by atoms with E-state index in [0.717, 1.165) is 18.8 Å². The summed E-state index contributed by atoms with van der Waals surface area (Å²) in [5, 5.41) is 19.4. The van der Waals surface area contributed by atoms with E-state index in [1.54, 1.807) is 6.07 Å². The molecule has 0 spiro atoms. The second kappa shape index (κ2) is 6.89. The van der Waals surface area contributed by atoms with Crippen LogP contribution in [0.15, 0.2) is 23.3 Å². The summed E-state index contributed by atoms with van der Waals surface area (Å²) in [5.41, 5.74) is 4.29. The number of phenols is 1. The minimum absolute atomic E-state index is 0.180. The summed E-state index contributed by atoms with van der Waals surface area (Å²) in [6.45, 7) is 5.94. The van der Waals surface area contributed by atoms with Crippen molar-refractivity contribution < 1.29 is 5.11 Å². The second-order valence-electron chi connectivity index (χ2n) is 4.30. The molecule has 0 saturated carbocycles. The fourth-order valence-electron chi connectivity index (χ4n) is 1.91. The summed E-state index contributed by atoms with van der Waals surface area (Å²) in [6.07, 6.45) is 1.52. The van der Waals surface area contributed by atoms with E-state index in [1.165, 1.54) is 6.21 Å². The van der Waals surface area contributed by atoms with E-state index >= 15 is 0 Å². The third-order valence-corrected chi connectivity index (χ3v) is 3.21. The third kappa shape index (κ3) is 3.82. The number of aromatic nitrogens is 3. The molecule has 0 fully saturated rings. The standard InChI is InChI=1S/C13H18N6OS/c1-3-19(4-2)10-6-5-9(11(20)7-10)8-14-16-12-15-13(21)18-17-12/h5-8,20H,3-4H2,1-2H3,(H3,15,16,17,18,21)/b14-8+. The molecule has 2 aromatic rings. The predicted octanol–water partition coefficient (Wildman–Crippen LogP) is 2.47. The molecule has 0 saturated heterocycles. The van der Waals surface area contributed by atoms with Gasteiger partial charge in [-0.05, 0) is 38.2 Å². The SMILES string of the molecule is CCN(CC)c1ccc(/C=N/Nc2nc(=S)[nH][nH]2)c(O)c1. The molecule has 0 aliphatic heterocycles. The van der Waals surface area contributed by atoms with Crippen LogP contribution in [0.2, 0.25) is 0 Å². The van der Waals surface area contributed by atoms with Gasteiger partial charge in [0.2, 0.25) is 10.7 Å². The van der Waals surface area contributed by atoms with Gasteiger partial charge < -0.3 is 10.0 Å². The van der Waals surface area contributed by atoms with Gasteiger partial charge in [-0.15, -0.1) is 0 Å². The fourth-order valence-corrected chi connectivity index (χ4v) is 2.06. The lowest BCUT2D eigenvalue weighted by Gasteiger charge is -2.21. The average molecular weight is 306 g/mol. The van der Waals surface area contributed by atoms with E-state index in [2.05, 4.69) is 44.5 Å². The van der Waals surface area contributed by atoms with Crippen LogP contribution in [0.1, 0.15) is 19.4 Å². The predicted molar refractivity (Wildman–Crippen MR) is 86.7 cm³/mol. The smallest absolute Gasteiger partial charge is 0.238 e. The highest BCUT2D eigenvalue weighted by molar-refractivity contribution is 7.71. The van der Waals surface area contributed by atoms with Gasteiger partial charge in [0.25, 0.3) is 0 Å². The zero-order valence-electron chi connectivity index (χ0n) is 11.9. The Bertz CT molecular complexity index is 673. The Morgan fingerprint density at radius 2 is 2.14 bits per heavy atom. The zero-order chi connectivity index (χ0) is 15.2. The lowest BCUT2D eigenvalue weighted by molar-refractivity contribution is 0.474. The summed E-state index contributed by atoms with van der Waals surface area (Å²) in [6, 6.07) is 5.51. The Morgan fingerprint density at radius 3 is 2.71 bits per heavy atom. The topological polar surface area (TPSA) is 92.3 Å². The zero-order valence-corrected chi connectivity index (χ0v) is 12.7. The molecule has 7 nitrogen and oxygen atoms in total. The monoisotopic (exact) mass is 306 g/mol. The number of aromatic amines is 2. The van der Waals surface area contributed by atoms with Gasteiger partial charge in [-0.25, -0.2) is 5.43 Å². The molecular formula is C13H18N6OS. The van der Waals surface area contributed by atoms with Crippen LogP contribution in [0.5, 0.6) is 5.75 Å². The van der Waals surface area contributed by atoms with E-state index in [-0.39, 0.29) is 5.75 Å². The minimum Gasteiger partial charge on any atom is -0.507 e. The molecule has 112 valence electrons. The molecule has 0 unspecified atom stereocenters. The summed E-state index contributed by atoms with van der Waals surface area (Å²) in [4.78, 5) is 6.09. The van der Waals surface area contributed by atoms with Crippen LogP contribution in [0.4, 0.5) is 11.6 Å². The Labute approximate surface area is 127 Å². The minimum atomic E-state index is 0.180. The van der Waals surface area contributed by atoms with Crippen molar-refractivity contribution in [3.8, 4) is 5.75 Å². The Kier molecular flexibility index (Phi) is 4.94. The number of hydrogen-bond donors (Lipinski definition) is 4. The maximum absolute atomic E-state index is 10.0. The van der Waals surface area contributed by atoms with Crippen LogP contribution in [-0.2, 0) is 0 Å². The van der Waals surface area contributed by atoms with Gasteiger partial charge in [0.05, 0.1) is 6.21 Å². The van der Waals surface area contributed by atoms with Gasteiger partial charge in [-0.1, -0.05) is 0 Å². The number of nitrogens with zero attached hydrogens (tertiary/aromatic N) is 3. The summed E-state index contributed by atoms with van der Waals surface area (Å²) in [7, 11) is 0. The molecule has 21 heavy (non-hydrogen) atoms. The number of hydrogen-bond acceptors (Lipinski definition) is 6. The number of benzene rings is 1. The molecule has 8 heteroatoms. The van der Waals surface area contributed by atoms with Crippen LogP contribution in [0.25, 0.3) is 0 Å². The number of nitrogens with one attached hydrogen (secondary N) is 3. The van der Waals surface area contributed by atoms with Crippen LogP contribution in [0, 0.1) is 4.77 Å². The van der Waals surface area contributed by atoms with Gasteiger partial charge in [-0.2, -0.15) is 10.1 Å². The Balaban J connectivity index is 2.08. The number of rotatable bonds is 6. The van der Waals surface area contributed by atoms with E-state index in [9.17, 15) is 5.11 Å². The van der Waals surface area contributed by atoms with Crippen molar-refractivity contribution >= 4 is 30.1 Å². The van der Waals surface area contributed by atoms with Gasteiger partial charge in [0.15, 0.2) is 0 Å². The van der Waals surface area contributed by atoms with E-state index in [1.807, 2.05) is 12.1 Å². The van der Waals surface area contributed by atoms with Crippen LogP contribution in [-0.4, -0.2) is 39.6 Å². The maximum atomic E-state index is 10.0. The quantitative estimate of drug-likeness (QED) is 0.374. The van der Waals surface area contributed by atoms with Crippen LogP contribution >= 0.6 is 12.2 Å².